The smallest absolute Gasteiger partial charge is 0.159 e. The lowest BCUT2D eigenvalue weighted by Crippen LogP contribution is -2.61. The third-order valence-electron chi connectivity index (χ3n) is 10.6. The van der Waals surface area contributed by atoms with Gasteiger partial charge in [0.15, 0.2) is 5.78 Å². The van der Waals surface area contributed by atoms with Crippen LogP contribution in [0.4, 0.5) is 0 Å². The summed E-state index contributed by atoms with van der Waals surface area (Å²) in [5.74, 6) is -0.643. The molecule has 4 rings (SSSR count). The number of hydrogen-bond donors (Lipinski definition) is 6. The van der Waals surface area contributed by atoms with Crippen LogP contribution < -0.4 is 0 Å². The number of rotatable bonds is 6. The Kier molecular flexibility index (Phi) is 6.45. The van der Waals surface area contributed by atoms with Gasteiger partial charge in [0, 0.05) is 11.3 Å². The van der Waals surface area contributed by atoms with Crippen molar-refractivity contribution in [1.29, 1.82) is 0 Å². The van der Waals surface area contributed by atoms with Crippen LogP contribution in [0.5, 0.6) is 0 Å². The number of fused-ring (bicyclic) bond motifs is 5. The summed E-state index contributed by atoms with van der Waals surface area (Å²) in [6.07, 6.45) is 4.41. The molecular weight excluding hydrogens is 436 g/mol. The van der Waals surface area contributed by atoms with E-state index >= 15 is 0 Å². The minimum absolute atomic E-state index is 0.0428. The Labute approximate surface area is 202 Å². The molecule has 7 heteroatoms. The topological polar surface area (TPSA) is 138 Å². The van der Waals surface area contributed by atoms with Gasteiger partial charge in [0.1, 0.15) is 0 Å². The highest BCUT2D eigenvalue weighted by Crippen LogP contribution is 2.68. The van der Waals surface area contributed by atoms with E-state index in [1.54, 1.807) is 13.0 Å². The molecule has 34 heavy (non-hydrogen) atoms. The van der Waals surface area contributed by atoms with E-state index in [0.29, 0.717) is 44.9 Å². The molecule has 0 saturated heterocycles. The summed E-state index contributed by atoms with van der Waals surface area (Å²) in [6, 6.07) is 0. The summed E-state index contributed by atoms with van der Waals surface area (Å²) in [5.41, 5.74) is -3.79. The highest BCUT2D eigenvalue weighted by molar-refractivity contribution is 5.95. The third-order valence-corrected chi connectivity index (χ3v) is 10.6. The van der Waals surface area contributed by atoms with Crippen molar-refractivity contribution in [1.82, 2.24) is 0 Å². The first-order valence-electron chi connectivity index (χ1n) is 13.0. The largest absolute Gasteiger partial charge is 0.393 e. The van der Waals surface area contributed by atoms with Crippen LogP contribution in [0.25, 0.3) is 0 Å². The molecule has 194 valence electrons. The van der Waals surface area contributed by atoms with Crippen LogP contribution in [0.2, 0.25) is 0 Å². The molecule has 3 fully saturated rings. The molecule has 0 bridgehead atoms. The van der Waals surface area contributed by atoms with Crippen molar-refractivity contribution in [3.05, 3.63) is 11.6 Å². The van der Waals surface area contributed by atoms with Crippen molar-refractivity contribution in [3.63, 3.8) is 0 Å². The first-order valence-corrected chi connectivity index (χ1v) is 13.0. The van der Waals surface area contributed by atoms with Gasteiger partial charge in [-0.1, -0.05) is 13.8 Å². The van der Waals surface area contributed by atoms with Crippen molar-refractivity contribution in [2.75, 3.05) is 6.61 Å². The number of carbonyl (C=O) groups is 1. The predicted molar refractivity (Wildman–Crippen MR) is 127 cm³/mol. The molecule has 0 amide bonds. The second-order valence-electron chi connectivity index (χ2n) is 13.0. The minimum Gasteiger partial charge on any atom is -0.393 e. The second kappa shape index (κ2) is 8.35. The molecule has 0 aromatic carbocycles. The van der Waals surface area contributed by atoms with Crippen molar-refractivity contribution in [2.24, 2.45) is 28.6 Å². The maximum Gasteiger partial charge on any atom is 0.159 e. The van der Waals surface area contributed by atoms with E-state index in [2.05, 4.69) is 0 Å². The molecule has 4 aliphatic carbocycles. The summed E-state index contributed by atoms with van der Waals surface area (Å²) in [5, 5.41) is 63.9. The molecule has 4 aliphatic rings. The average Bonchev–Trinajstić information content (AvgIpc) is 3.02. The van der Waals surface area contributed by atoms with E-state index in [1.807, 2.05) is 20.8 Å². The second-order valence-corrected chi connectivity index (χ2v) is 13.0. The summed E-state index contributed by atoms with van der Waals surface area (Å²) in [4.78, 5) is 13.2. The van der Waals surface area contributed by atoms with Gasteiger partial charge in [0.25, 0.3) is 0 Å². The Morgan fingerprint density at radius 1 is 1.03 bits per heavy atom. The SMILES string of the molecule is CC(O)(CO)CCCC(C)(O)[C@@H]1CC[C@@]2(O)C3=CC(=O)[C@@H]4C[C@@H](O)[C@@H](O)C[C@]4(C)C3CC[C@]12C. The monoisotopic (exact) mass is 480 g/mol. The zero-order valence-electron chi connectivity index (χ0n) is 21.1. The molecule has 6 N–H and O–H groups in total. The van der Waals surface area contributed by atoms with Crippen molar-refractivity contribution in [2.45, 2.75) is 114 Å². The van der Waals surface area contributed by atoms with Gasteiger partial charge in [-0.2, -0.15) is 0 Å². The van der Waals surface area contributed by atoms with Gasteiger partial charge in [-0.3, -0.25) is 4.79 Å². The number of hydrogen-bond acceptors (Lipinski definition) is 7. The van der Waals surface area contributed by atoms with Gasteiger partial charge in [0.2, 0.25) is 0 Å². The third kappa shape index (κ3) is 3.82. The summed E-state index contributed by atoms with van der Waals surface area (Å²) in [6.45, 7) is 7.14. The Bertz CT molecular complexity index is 850. The van der Waals surface area contributed by atoms with Crippen LogP contribution >= 0.6 is 0 Å². The standard InChI is InChI=1S/C27H44O7/c1-23(32,15-28)8-5-9-26(4,33)22-7-11-27(34)17-12-19(29)18-13-20(30)21(31)14-24(18,2)16(17)6-10-25(22,27)3/h12,16,18,20-22,28,30-34H,5-11,13-15H2,1-4H3/t16?,18-,20+,21-,22+,23?,24+,25+,26?,27+/m0/s1. The predicted octanol–water partition coefficient (Wildman–Crippen LogP) is 1.86. The number of carbonyl (C=O) groups excluding carboxylic acids is 1. The lowest BCUT2D eigenvalue weighted by Gasteiger charge is -2.60. The van der Waals surface area contributed by atoms with E-state index in [0.717, 1.165) is 12.0 Å². The number of ketones is 1. The fraction of sp³-hybridized carbons (Fsp3) is 0.889. The lowest BCUT2D eigenvalue weighted by molar-refractivity contribution is -0.160. The highest BCUT2D eigenvalue weighted by atomic mass is 16.3. The van der Waals surface area contributed by atoms with E-state index < -0.39 is 39.8 Å². The maximum atomic E-state index is 13.2. The number of aliphatic hydroxyl groups is 6. The quantitative estimate of drug-likeness (QED) is 0.341. The zero-order chi connectivity index (χ0) is 25.3. The fourth-order valence-corrected chi connectivity index (χ4v) is 8.45. The molecule has 0 aliphatic heterocycles. The summed E-state index contributed by atoms with van der Waals surface area (Å²) >= 11 is 0. The fourth-order valence-electron chi connectivity index (χ4n) is 8.45. The molecule has 10 atom stereocenters. The van der Waals surface area contributed by atoms with Crippen LogP contribution in [-0.2, 0) is 4.79 Å². The van der Waals surface area contributed by atoms with E-state index in [-0.39, 0.29) is 36.6 Å². The Hall–Kier alpha value is -0.830. The maximum absolute atomic E-state index is 13.2. The molecule has 3 unspecified atom stereocenters. The van der Waals surface area contributed by atoms with Crippen molar-refractivity contribution in [3.8, 4) is 0 Å². The van der Waals surface area contributed by atoms with Gasteiger partial charge in [-0.25, -0.2) is 0 Å². The number of aliphatic hydroxyl groups excluding tert-OH is 3. The van der Waals surface area contributed by atoms with Gasteiger partial charge in [-0.05, 0) is 101 Å². The molecule has 0 spiro atoms. The summed E-state index contributed by atoms with van der Waals surface area (Å²) in [7, 11) is 0. The van der Waals surface area contributed by atoms with Crippen LogP contribution in [0.3, 0.4) is 0 Å². The normalized spacial score (nSPS) is 47.6. The molecule has 3 saturated carbocycles. The number of allylic oxidation sites excluding steroid dienone is 1. The highest BCUT2D eigenvalue weighted by Gasteiger charge is 2.68. The van der Waals surface area contributed by atoms with Crippen LogP contribution in [0.1, 0.15) is 85.5 Å². The van der Waals surface area contributed by atoms with Gasteiger partial charge < -0.3 is 30.6 Å². The van der Waals surface area contributed by atoms with Gasteiger partial charge in [0.05, 0.1) is 35.6 Å². The minimum atomic E-state index is -1.20. The first-order chi connectivity index (χ1) is 15.6. The van der Waals surface area contributed by atoms with Crippen molar-refractivity contribution >= 4 is 5.78 Å². The van der Waals surface area contributed by atoms with Crippen LogP contribution in [0.15, 0.2) is 11.6 Å². The average molecular weight is 481 g/mol. The molecular formula is C27H44O7. The molecule has 0 aromatic rings. The van der Waals surface area contributed by atoms with Crippen molar-refractivity contribution < 1.29 is 35.4 Å². The van der Waals surface area contributed by atoms with E-state index in [9.17, 15) is 35.4 Å². The summed E-state index contributed by atoms with van der Waals surface area (Å²) < 4.78 is 0. The molecule has 7 nitrogen and oxygen atoms in total. The zero-order valence-corrected chi connectivity index (χ0v) is 21.1. The molecule has 0 heterocycles. The lowest BCUT2D eigenvalue weighted by atomic mass is 9.45. The first kappa shape index (κ1) is 26.2. The van der Waals surface area contributed by atoms with Gasteiger partial charge in [-0.15, -0.1) is 0 Å². The van der Waals surface area contributed by atoms with Crippen LogP contribution in [0, 0.1) is 28.6 Å². The van der Waals surface area contributed by atoms with E-state index in [1.165, 1.54) is 0 Å². The Morgan fingerprint density at radius 3 is 2.35 bits per heavy atom. The molecule has 0 radical (unpaired) electrons. The van der Waals surface area contributed by atoms with E-state index in [4.69, 9.17) is 0 Å². The Morgan fingerprint density at radius 2 is 1.71 bits per heavy atom. The molecule has 0 aromatic heterocycles. The van der Waals surface area contributed by atoms with Gasteiger partial charge >= 0.3 is 0 Å². The van der Waals surface area contributed by atoms with Crippen LogP contribution in [-0.4, -0.2) is 72.0 Å². The Balaban J connectivity index is 1.61.